The zero-order chi connectivity index (χ0) is 13.4. The summed E-state index contributed by atoms with van der Waals surface area (Å²) >= 11 is 0. The number of hydrogen-bond donors (Lipinski definition) is 1. The third kappa shape index (κ3) is 1.83. The minimum absolute atomic E-state index is 0.0600. The van der Waals surface area contributed by atoms with Crippen molar-refractivity contribution in [2.75, 3.05) is 0 Å². The summed E-state index contributed by atoms with van der Waals surface area (Å²) in [7, 11) is 0. The summed E-state index contributed by atoms with van der Waals surface area (Å²) in [6, 6.07) is 12.8. The zero-order valence-corrected chi connectivity index (χ0v) is 9.96. The standard InChI is InChI=1S/C15H10N2O2/c16-11-8-13(18)10-6-7-12(17-14(10)15(11)19)9-4-2-1-3-5-9/h1-8H,16H2. The molecule has 1 aromatic carbocycles. The van der Waals surface area contributed by atoms with Crippen molar-refractivity contribution in [3.05, 3.63) is 65.5 Å². The van der Waals surface area contributed by atoms with Crippen LogP contribution in [0.1, 0.15) is 20.8 Å². The van der Waals surface area contributed by atoms with Gasteiger partial charge in [0.05, 0.1) is 17.0 Å². The van der Waals surface area contributed by atoms with E-state index in [1.807, 2.05) is 30.3 Å². The molecule has 0 amide bonds. The highest BCUT2D eigenvalue weighted by Crippen LogP contribution is 2.22. The van der Waals surface area contributed by atoms with E-state index >= 15 is 0 Å². The first-order valence-electron chi connectivity index (χ1n) is 5.79. The van der Waals surface area contributed by atoms with E-state index in [0.717, 1.165) is 11.6 Å². The van der Waals surface area contributed by atoms with E-state index < -0.39 is 5.78 Å². The fourth-order valence-corrected chi connectivity index (χ4v) is 2.02. The summed E-state index contributed by atoms with van der Waals surface area (Å²) in [6.45, 7) is 0. The molecular formula is C15H10N2O2. The van der Waals surface area contributed by atoms with Crippen LogP contribution >= 0.6 is 0 Å². The lowest BCUT2D eigenvalue weighted by atomic mass is 9.96. The topological polar surface area (TPSA) is 73.1 Å². The van der Waals surface area contributed by atoms with Crippen LogP contribution in [0.25, 0.3) is 11.3 Å². The third-order valence-corrected chi connectivity index (χ3v) is 2.99. The largest absolute Gasteiger partial charge is 0.395 e. The molecule has 0 aliphatic heterocycles. The summed E-state index contributed by atoms with van der Waals surface area (Å²) in [4.78, 5) is 28.0. The van der Waals surface area contributed by atoms with Gasteiger partial charge in [-0.3, -0.25) is 9.59 Å². The Balaban J connectivity index is 2.16. The van der Waals surface area contributed by atoms with Crippen LogP contribution in [-0.2, 0) is 0 Å². The summed E-state index contributed by atoms with van der Waals surface area (Å²) in [5, 5.41) is 0. The first-order valence-corrected chi connectivity index (χ1v) is 5.79. The maximum absolute atomic E-state index is 11.9. The fourth-order valence-electron chi connectivity index (χ4n) is 2.02. The molecule has 4 nitrogen and oxygen atoms in total. The predicted octanol–water partition coefficient (Wildman–Crippen LogP) is 1.97. The molecule has 4 heteroatoms. The van der Waals surface area contributed by atoms with Crippen molar-refractivity contribution in [3.63, 3.8) is 0 Å². The Hall–Kier alpha value is -2.75. The van der Waals surface area contributed by atoms with Crippen LogP contribution in [0, 0.1) is 0 Å². The molecule has 1 aliphatic rings. The van der Waals surface area contributed by atoms with Crippen molar-refractivity contribution in [2.24, 2.45) is 5.73 Å². The smallest absolute Gasteiger partial charge is 0.227 e. The number of fused-ring (bicyclic) bond motifs is 1. The van der Waals surface area contributed by atoms with E-state index in [1.165, 1.54) is 0 Å². The van der Waals surface area contributed by atoms with Gasteiger partial charge >= 0.3 is 0 Å². The molecule has 1 aromatic heterocycles. The molecule has 0 atom stereocenters. The van der Waals surface area contributed by atoms with Gasteiger partial charge < -0.3 is 5.73 Å². The highest BCUT2D eigenvalue weighted by atomic mass is 16.1. The van der Waals surface area contributed by atoms with Gasteiger partial charge in [0.25, 0.3) is 0 Å². The van der Waals surface area contributed by atoms with Crippen molar-refractivity contribution in [3.8, 4) is 11.3 Å². The number of rotatable bonds is 1. The van der Waals surface area contributed by atoms with Crippen molar-refractivity contribution in [2.45, 2.75) is 0 Å². The number of pyridine rings is 1. The average Bonchev–Trinajstić information content (AvgIpc) is 2.45. The van der Waals surface area contributed by atoms with Crippen molar-refractivity contribution in [1.82, 2.24) is 4.98 Å². The molecule has 92 valence electrons. The lowest BCUT2D eigenvalue weighted by Crippen LogP contribution is -2.23. The Labute approximate surface area is 109 Å². The lowest BCUT2D eigenvalue weighted by Gasteiger charge is -2.12. The van der Waals surface area contributed by atoms with E-state index in [1.54, 1.807) is 12.1 Å². The van der Waals surface area contributed by atoms with Gasteiger partial charge in [-0.05, 0) is 12.1 Å². The quantitative estimate of drug-likeness (QED) is 0.839. The van der Waals surface area contributed by atoms with Crippen LogP contribution in [0.5, 0.6) is 0 Å². The third-order valence-electron chi connectivity index (χ3n) is 2.99. The number of nitrogens with two attached hydrogens (primary N) is 1. The van der Waals surface area contributed by atoms with E-state index in [9.17, 15) is 9.59 Å². The SMILES string of the molecule is NC1=CC(=O)c2ccc(-c3ccccc3)nc2C1=O. The van der Waals surface area contributed by atoms with Crippen molar-refractivity contribution < 1.29 is 9.59 Å². The number of ketones is 2. The predicted molar refractivity (Wildman–Crippen MR) is 70.6 cm³/mol. The number of carbonyl (C=O) groups is 2. The van der Waals surface area contributed by atoms with Crippen LogP contribution in [0.4, 0.5) is 0 Å². The van der Waals surface area contributed by atoms with Crippen LogP contribution < -0.4 is 5.73 Å². The minimum Gasteiger partial charge on any atom is -0.395 e. The van der Waals surface area contributed by atoms with Gasteiger partial charge in [0.15, 0.2) is 5.78 Å². The number of Topliss-reactive ketones (excluding diaryl/α,β-unsaturated/α-hetero) is 1. The lowest BCUT2D eigenvalue weighted by molar-refractivity contribution is 0.0979. The highest BCUT2D eigenvalue weighted by molar-refractivity contribution is 6.23. The van der Waals surface area contributed by atoms with Crippen LogP contribution in [-0.4, -0.2) is 16.6 Å². The van der Waals surface area contributed by atoms with Crippen LogP contribution in [0.15, 0.2) is 54.2 Å². The molecule has 0 radical (unpaired) electrons. The summed E-state index contributed by atoms with van der Waals surface area (Å²) in [6.07, 6.45) is 1.15. The van der Waals surface area contributed by atoms with Gasteiger partial charge in [-0.1, -0.05) is 30.3 Å². The number of carbonyl (C=O) groups excluding carboxylic acids is 2. The van der Waals surface area contributed by atoms with Gasteiger partial charge in [0, 0.05) is 11.6 Å². The van der Waals surface area contributed by atoms with Gasteiger partial charge in [0.1, 0.15) is 5.69 Å². The Morgan fingerprint density at radius 3 is 2.42 bits per heavy atom. The van der Waals surface area contributed by atoms with Crippen LogP contribution in [0.3, 0.4) is 0 Å². The molecule has 1 heterocycles. The number of aromatic nitrogens is 1. The van der Waals surface area contributed by atoms with E-state index in [2.05, 4.69) is 4.98 Å². The first-order chi connectivity index (χ1) is 9.16. The fraction of sp³-hybridized carbons (Fsp3) is 0. The number of hydrogen-bond acceptors (Lipinski definition) is 4. The molecular weight excluding hydrogens is 240 g/mol. The Kier molecular flexibility index (Phi) is 2.49. The van der Waals surface area contributed by atoms with Crippen LogP contribution in [0.2, 0.25) is 0 Å². The molecule has 2 aromatic rings. The Morgan fingerprint density at radius 1 is 0.947 bits per heavy atom. The highest BCUT2D eigenvalue weighted by Gasteiger charge is 2.25. The number of allylic oxidation sites excluding steroid dienone is 2. The van der Waals surface area contributed by atoms with Crippen molar-refractivity contribution >= 4 is 11.6 Å². The molecule has 3 rings (SSSR count). The number of benzene rings is 1. The second-order valence-corrected chi connectivity index (χ2v) is 4.25. The molecule has 0 spiro atoms. The molecule has 0 saturated heterocycles. The summed E-state index contributed by atoms with van der Waals surface area (Å²) in [5.74, 6) is -0.674. The summed E-state index contributed by atoms with van der Waals surface area (Å²) in [5.41, 5.74) is 7.43. The molecule has 0 saturated carbocycles. The molecule has 19 heavy (non-hydrogen) atoms. The molecule has 0 fully saturated rings. The van der Waals surface area contributed by atoms with Gasteiger partial charge in [-0.2, -0.15) is 0 Å². The second kappa shape index (κ2) is 4.17. The molecule has 0 bridgehead atoms. The van der Waals surface area contributed by atoms with E-state index in [0.29, 0.717) is 11.3 Å². The molecule has 1 aliphatic carbocycles. The van der Waals surface area contributed by atoms with Gasteiger partial charge in [-0.25, -0.2) is 4.98 Å². The monoisotopic (exact) mass is 250 g/mol. The van der Waals surface area contributed by atoms with E-state index in [4.69, 9.17) is 5.73 Å². The Bertz CT molecular complexity index is 718. The number of nitrogens with zero attached hydrogens (tertiary/aromatic N) is 1. The average molecular weight is 250 g/mol. The van der Waals surface area contributed by atoms with Gasteiger partial charge in [-0.15, -0.1) is 0 Å². The van der Waals surface area contributed by atoms with Crippen molar-refractivity contribution in [1.29, 1.82) is 0 Å². The summed E-state index contributed by atoms with van der Waals surface area (Å²) < 4.78 is 0. The maximum atomic E-state index is 11.9. The molecule has 0 unspecified atom stereocenters. The first kappa shape index (κ1) is 11.3. The molecule has 2 N–H and O–H groups in total. The maximum Gasteiger partial charge on any atom is 0.227 e. The normalized spacial score (nSPS) is 14.0. The van der Waals surface area contributed by atoms with Gasteiger partial charge in [0.2, 0.25) is 5.78 Å². The van der Waals surface area contributed by atoms with E-state index in [-0.39, 0.29) is 17.2 Å². The minimum atomic E-state index is -0.396. The second-order valence-electron chi connectivity index (χ2n) is 4.25. The Morgan fingerprint density at radius 2 is 1.68 bits per heavy atom. The zero-order valence-electron chi connectivity index (χ0n) is 9.96.